The Morgan fingerprint density at radius 2 is 1.69 bits per heavy atom. The average Bonchev–Trinajstić information content (AvgIpc) is 2.80. The standard InChI is InChI=1S/C20H18ClF3N4O.C3H5Cl.C2H6/c1-12(2)29-17-4-3-14(7-16(17)21)19-27-10-13(11-28-19)9-26-15-5-6-25-18(8-15)20(22,23)24;1-3(2)4;1-2/h3-8,10-12H,9H2,1-2H3,(H,25,26);1H2,2H3;1-2H3. The molecule has 3 rings (SSSR count). The number of ether oxygens (including phenoxy) is 1. The molecule has 0 saturated carbocycles. The number of hydrogen-bond donors (Lipinski definition) is 1. The van der Waals surface area contributed by atoms with E-state index in [1.165, 1.54) is 6.07 Å². The van der Waals surface area contributed by atoms with E-state index in [0.717, 1.165) is 17.8 Å². The van der Waals surface area contributed by atoms with Crippen LogP contribution in [0.3, 0.4) is 0 Å². The molecule has 5 nitrogen and oxygen atoms in total. The molecule has 0 bridgehead atoms. The molecule has 0 fully saturated rings. The number of allylic oxidation sites excluding steroid dienone is 1. The fraction of sp³-hybridized carbons (Fsp3) is 0.320. The number of alkyl halides is 3. The summed E-state index contributed by atoms with van der Waals surface area (Å²) in [6.45, 7) is 13.2. The molecule has 10 heteroatoms. The molecule has 3 aromatic rings. The fourth-order valence-electron chi connectivity index (χ4n) is 2.48. The summed E-state index contributed by atoms with van der Waals surface area (Å²) in [4.78, 5) is 11.9. The van der Waals surface area contributed by atoms with Gasteiger partial charge in [-0.2, -0.15) is 13.2 Å². The minimum absolute atomic E-state index is 0.00832. The summed E-state index contributed by atoms with van der Waals surface area (Å²) in [7, 11) is 0. The van der Waals surface area contributed by atoms with E-state index in [9.17, 15) is 13.2 Å². The highest BCUT2D eigenvalue weighted by molar-refractivity contribution is 6.32. The molecule has 1 aromatic carbocycles. The molecule has 0 saturated heterocycles. The maximum atomic E-state index is 12.7. The Labute approximate surface area is 214 Å². The molecule has 0 aliphatic heterocycles. The normalized spacial score (nSPS) is 10.5. The van der Waals surface area contributed by atoms with Crippen LogP contribution in [0.15, 0.2) is 60.5 Å². The molecule has 0 radical (unpaired) electrons. The summed E-state index contributed by atoms with van der Waals surface area (Å²) in [5.41, 5.74) is 0.805. The molecule has 190 valence electrons. The lowest BCUT2D eigenvalue weighted by molar-refractivity contribution is -0.141. The molecule has 0 aliphatic rings. The van der Waals surface area contributed by atoms with E-state index in [2.05, 4.69) is 26.8 Å². The number of rotatable bonds is 6. The highest BCUT2D eigenvalue weighted by Gasteiger charge is 2.32. The van der Waals surface area contributed by atoms with Gasteiger partial charge in [0.05, 0.1) is 11.1 Å². The quantitative estimate of drug-likeness (QED) is 0.348. The van der Waals surface area contributed by atoms with Crippen molar-refractivity contribution >= 4 is 28.9 Å². The van der Waals surface area contributed by atoms with E-state index in [-0.39, 0.29) is 12.6 Å². The topological polar surface area (TPSA) is 59.9 Å². The van der Waals surface area contributed by atoms with E-state index in [1.54, 1.807) is 31.5 Å². The van der Waals surface area contributed by atoms with Crippen LogP contribution >= 0.6 is 23.2 Å². The Morgan fingerprint density at radius 1 is 1.09 bits per heavy atom. The van der Waals surface area contributed by atoms with Crippen molar-refractivity contribution in [3.63, 3.8) is 0 Å². The van der Waals surface area contributed by atoms with Crippen molar-refractivity contribution in [2.24, 2.45) is 0 Å². The number of benzene rings is 1. The molecular formula is C25H29Cl2F3N4O. The van der Waals surface area contributed by atoms with E-state index in [4.69, 9.17) is 27.9 Å². The first-order valence-electron chi connectivity index (χ1n) is 10.8. The zero-order valence-corrected chi connectivity index (χ0v) is 21.8. The van der Waals surface area contributed by atoms with E-state index in [1.807, 2.05) is 33.8 Å². The van der Waals surface area contributed by atoms with Crippen LogP contribution in [-0.2, 0) is 12.7 Å². The summed E-state index contributed by atoms with van der Waals surface area (Å²) in [6, 6.07) is 7.72. The third kappa shape index (κ3) is 11.0. The highest BCUT2D eigenvalue weighted by Crippen LogP contribution is 2.30. The van der Waals surface area contributed by atoms with Gasteiger partial charge >= 0.3 is 6.18 Å². The average molecular weight is 529 g/mol. The minimum atomic E-state index is -4.49. The number of halogens is 5. The SMILES string of the molecule is C=C(C)Cl.CC.CC(C)Oc1ccc(-c2ncc(CNc3ccnc(C(F)(F)F)c3)cn2)cc1Cl. The number of pyridine rings is 1. The largest absolute Gasteiger partial charge is 0.489 e. The van der Waals surface area contributed by atoms with E-state index < -0.39 is 11.9 Å². The first-order chi connectivity index (χ1) is 16.5. The van der Waals surface area contributed by atoms with Gasteiger partial charge in [-0.15, -0.1) is 0 Å². The number of anilines is 1. The molecule has 2 aromatic heterocycles. The number of hydrogen-bond acceptors (Lipinski definition) is 5. The number of aromatic nitrogens is 3. The zero-order valence-electron chi connectivity index (χ0n) is 20.3. The van der Waals surface area contributed by atoms with Gasteiger partial charge in [0.1, 0.15) is 11.4 Å². The second-order valence-electron chi connectivity index (χ2n) is 7.18. The molecule has 2 heterocycles. The Morgan fingerprint density at radius 3 is 2.20 bits per heavy atom. The van der Waals surface area contributed by atoms with Crippen molar-refractivity contribution < 1.29 is 17.9 Å². The van der Waals surface area contributed by atoms with Gasteiger partial charge in [0.15, 0.2) is 5.82 Å². The lowest BCUT2D eigenvalue weighted by Crippen LogP contribution is -2.09. The predicted molar refractivity (Wildman–Crippen MR) is 137 cm³/mol. The van der Waals surface area contributed by atoms with Gasteiger partial charge < -0.3 is 10.1 Å². The van der Waals surface area contributed by atoms with Gasteiger partial charge in [0, 0.05) is 47.0 Å². The second-order valence-corrected chi connectivity index (χ2v) is 8.24. The number of nitrogens with zero attached hydrogens (tertiary/aromatic N) is 3. The number of nitrogens with one attached hydrogen (secondary N) is 1. The molecule has 1 N–H and O–H groups in total. The molecule has 0 unspecified atom stereocenters. The minimum Gasteiger partial charge on any atom is -0.489 e. The maximum absolute atomic E-state index is 12.7. The van der Waals surface area contributed by atoms with Crippen molar-refractivity contribution in [3.8, 4) is 17.1 Å². The third-order valence-corrected chi connectivity index (χ3v) is 4.10. The fourth-order valence-corrected chi connectivity index (χ4v) is 2.71. The van der Waals surface area contributed by atoms with Gasteiger partial charge in [-0.3, -0.25) is 4.98 Å². The molecular weight excluding hydrogens is 500 g/mol. The Hall–Kier alpha value is -2.84. The summed E-state index contributed by atoms with van der Waals surface area (Å²) in [5.74, 6) is 1.07. The van der Waals surface area contributed by atoms with Crippen LogP contribution in [-0.4, -0.2) is 21.1 Å². The summed E-state index contributed by atoms with van der Waals surface area (Å²) >= 11 is 11.3. The van der Waals surface area contributed by atoms with Crippen LogP contribution in [0.25, 0.3) is 11.4 Å². The lowest BCUT2D eigenvalue weighted by atomic mass is 10.2. The first kappa shape index (κ1) is 30.2. The van der Waals surface area contributed by atoms with Gasteiger partial charge in [-0.25, -0.2) is 9.97 Å². The second kappa shape index (κ2) is 14.5. The lowest BCUT2D eigenvalue weighted by Gasteiger charge is -2.12. The summed E-state index contributed by atoms with van der Waals surface area (Å²) in [6.07, 6.45) is -0.156. The molecule has 0 aliphatic carbocycles. The van der Waals surface area contributed by atoms with Crippen LogP contribution < -0.4 is 10.1 Å². The van der Waals surface area contributed by atoms with E-state index >= 15 is 0 Å². The summed E-state index contributed by atoms with van der Waals surface area (Å²) in [5, 5.41) is 4.01. The van der Waals surface area contributed by atoms with Gasteiger partial charge in [0.2, 0.25) is 0 Å². The van der Waals surface area contributed by atoms with Gasteiger partial charge in [-0.05, 0) is 51.1 Å². The predicted octanol–water partition coefficient (Wildman–Crippen LogP) is 8.40. The molecule has 0 amide bonds. The Balaban J connectivity index is 0.000000926. The van der Waals surface area contributed by atoms with Crippen LogP contribution in [0, 0.1) is 0 Å². The van der Waals surface area contributed by atoms with E-state index in [0.29, 0.717) is 32.9 Å². The van der Waals surface area contributed by atoms with Crippen molar-refractivity contribution in [3.05, 3.63) is 76.8 Å². The van der Waals surface area contributed by atoms with Crippen molar-refractivity contribution in [2.45, 2.75) is 53.4 Å². The molecule has 35 heavy (non-hydrogen) atoms. The summed E-state index contributed by atoms with van der Waals surface area (Å²) < 4.78 is 43.8. The van der Waals surface area contributed by atoms with Crippen LogP contribution in [0.5, 0.6) is 5.75 Å². The van der Waals surface area contributed by atoms with Gasteiger partial charge in [-0.1, -0.05) is 43.6 Å². The zero-order chi connectivity index (χ0) is 26.6. The molecule has 0 atom stereocenters. The van der Waals surface area contributed by atoms with Crippen molar-refractivity contribution in [1.82, 2.24) is 15.0 Å². The Bertz CT molecular complexity index is 1070. The van der Waals surface area contributed by atoms with Crippen LogP contribution in [0.4, 0.5) is 18.9 Å². The Kier molecular flexibility index (Phi) is 12.5. The monoisotopic (exact) mass is 528 g/mol. The van der Waals surface area contributed by atoms with Crippen LogP contribution in [0.1, 0.15) is 45.9 Å². The van der Waals surface area contributed by atoms with Gasteiger partial charge in [0.25, 0.3) is 0 Å². The molecule has 0 spiro atoms. The van der Waals surface area contributed by atoms with Crippen molar-refractivity contribution in [1.29, 1.82) is 0 Å². The maximum Gasteiger partial charge on any atom is 0.433 e. The smallest absolute Gasteiger partial charge is 0.433 e. The third-order valence-electron chi connectivity index (χ3n) is 3.81. The van der Waals surface area contributed by atoms with Crippen LogP contribution in [0.2, 0.25) is 5.02 Å². The highest BCUT2D eigenvalue weighted by atomic mass is 35.5. The van der Waals surface area contributed by atoms with Crippen molar-refractivity contribution in [2.75, 3.05) is 5.32 Å². The first-order valence-corrected chi connectivity index (χ1v) is 11.6.